The van der Waals surface area contributed by atoms with E-state index in [1.807, 2.05) is 37.3 Å². The molecule has 21 heavy (non-hydrogen) atoms. The summed E-state index contributed by atoms with van der Waals surface area (Å²) in [6, 6.07) is 9.49. The quantitative estimate of drug-likeness (QED) is 0.685. The summed E-state index contributed by atoms with van der Waals surface area (Å²) in [5.41, 5.74) is 7.53. The first-order chi connectivity index (χ1) is 10.2. The van der Waals surface area contributed by atoms with Gasteiger partial charge in [-0.2, -0.15) is 12.6 Å². The third-order valence-electron chi connectivity index (χ3n) is 2.95. The molecule has 0 saturated heterocycles. The van der Waals surface area contributed by atoms with Gasteiger partial charge in [-0.05, 0) is 31.2 Å². The van der Waals surface area contributed by atoms with Crippen LogP contribution in [-0.2, 0) is 0 Å². The molecule has 3 N–H and O–H groups in total. The van der Waals surface area contributed by atoms with Crippen molar-refractivity contribution in [1.29, 1.82) is 0 Å². The fourth-order valence-corrected chi connectivity index (χ4v) is 1.90. The van der Waals surface area contributed by atoms with Crippen molar-refractivity contribution in [2.24, 2.45) is 5.73 Å². The van der Waals surface area contributed by atoms with Crippen LogP contribution in [0.15, 0.2) is 42.7 Å². The van der Waals surface area contributed by atoms with Gasteiger partial charge in [-0.1, -0.05) is 6.07 Å². The Kier molecular flexibility index (Phi) is 5.83. The minimum atomic E-state index is -0.180. The zero-order valence-electron chi connectivity index (χ0n) is 11.9. The zero-order chi connectivity index (χ0) is 15.1. The highest BCUT2D eigenvalue weighted by molar-refractivity contribution is 7.80. The highest BCUT2D eigenvalue weighted by Crippen LogP contribution is 2.25. The molecule has 2 heterocycles. The SMILES string of the molecule is CC(Oc1ncccc1NCC(N)CS)c1ccccn1. The molecule has 0 aliphatic heterocycles. The number of ether oxygens (including phenoxy) is 1. The molecule has 2 aromatic rings. The number of aromatic nitrogens is 2. The molecule has 2 unspecified atom stereocenters. The number of anilines is 1. The van der Waals surface area contributed by atoms with E-state index in [0.717, 1.165) is 11.4 Å². The predicted octanol–water partition coefficient (Wildman–Crippen LogP) is 2.29. The van der Waals surface area contributed by atoms with E-state index in [2.05, 4.69) is 27.9 Å². The van der Waals surface area contributed by atoms with Gasteiger partial charge < -0.3 is 15.8 Å². The summed E-state index contributed by atoms with van der Waals surface area (Å²) in [4.78, 5) is 8.56. The Hall–Kier alpha value is -1.79. The molecule has 0 aromatic carbocycles. The van der Waals surface area contributed by atoms with Crippen molar-refractivity contribution < 1.29 is 4.74 Å². The van der Waals surface area contributed by atoms with Crippen LogP contribution in [0.3, 0.4) is 0 Å². The van der Waals surface area contributed by atoms with Gasteiger partial charge in [0.05, 0.1) is 11.4 Å². The molecule has 0 fully saturated rings. The lowest BCUT2D eigenvalue weighted by atomic mass is 10.2. The van der Waals surface area contributed by atoms with Gasteiger partial charge in [0, 0.05) is 30.7 Å². The van der Waals surface area contributed by atoms with Gasteiger partial charge in [-0.15, -0.1) is 0 Å². The number of nitrogens with one attached hydrogen (secondary N) is 1. The molecule has 0 saturated carbocycles. The van der Waals surface area contributed by atoms with Gasteiger partial charge in [0.15, 0.2) is 0 Å². The molecule has 2 atom stereocenters. The average Bonchev–Trinajstić information content (AvgIpc) is 2.54. The number of thiol groups is 1. The first-order valence-electron chi connectivity index (χ1n) is 6.83. The molecule has 2 aromatic heterocycles. The molecular formula is C15H20N4OS. The number of hydrogen-bond donors (Lipinski definition) is 3. The number of nitrogens with two attached hydrogens (primary N) is 1. The highest BCUT2D eigenvalue weighted by atomic mass is 32.1. The van der Waals surface area contributed by atoms with Crippen molar-refractivity contribution in [1.82, 2.24) is 9.97 Å². The lowest BCUT2D eigenvalue weighted by Crippen LogP contribution is -2.30. The molecule has 0 amide bonds. The maximum Gasteiger partial charge on any atom is 0.238 e. The zero-order valence-corrected chi connectivity index (χ0v) is 12.8. The van der Waals surface area contributed by atoms with Gasteiger partial charge in [-0.3, -0.25) is 4.98 Å². The Bertz CT molecular complexity index is 552. The Morgan fingerprint density at radius 2 is 2.05 bits per heavy atom. The molecule has 5 nitrogen and oxygen atoms in total. The van der Waals surface area contributed by atoms with E-state index >= 15 is 0 Å². The molecule has 0 aliphatic rings. The summed E-state index contributed by atoms with van der Waals surface area (Å²) in [5, 5.41) is 3.24. The van der Waals surface area contributed by atoms with Crippen molar-refractivity contribution in [3.05, 3.63) is 48.4 Å². The minimum Gasteiger partial charge on any atom is -0.467 e. The van der Waals surface area contributed by atoms with Crippen LogP contribution in [0.4, 0.5) is 5.69 Å². The van der Waals surface area contributed by atoms with Crippen molar-refractivity contribution in [2.75, 3.05) is 17.6 Å². The van der Waals surface area contributed by atoms with Crippen LogP contribution in [0.2, 0.25) is 0 Å². The van der Waals surface area contributed by atoms with Crippen LogP contribution >= 0.6 is 12.6 Å². The number of rotatable bonds is 7. The van der Waals surface area contributed by atoms with Crippen molar-refractivity contribution in [3.8, 4) is 5.88 Å². The van der Waals surface area contributed by atoms with E-state index in [1.165, 1.54) is 0 Å². The van der Waals surface area contributed by atoms with Crippen molar-refractivity contribution in [3.63, 3.8) is 0 Å². The van der Waals surface area contributed by atoms with Gasteiger partial charge in [0.1, 0.15) is 6.10 Å². The maximum atomic E-state index is 5.90. The van der Waals surface area contributed by atoms with Crippen LogP contribution in [0, 0.1) is 0 Å². The van der Waals surface area contributed by atoms with Crippen LogP contribution in [-0.4, -0.2) is 28.3 Å². The third kappa shape index (κ3) is 4.61. The summed E-state index contributed by atoms with van der Waals surface area (Å²) < 4.78 is 5.90. The molecule has 0 radical (unpaired) electrons. The summed E-state index contributed by atoms with van der Waals surface area (Å²) in [6.45, 7) is 2.56. The fraction of sp³-hybridized carbons (Fsp3) is 0.333. The standard InChI is InChI=1S/C15H20N4OS/c1-11(13-5-2-3-7-17-13)20-15-14(6-4-8-18-15)19-9-12(16)10-21/h2-8,11-12,19,21H,9-10,16H2,1H3. The molecule has 0 spiro atoms. The van der Waals surface area contributed by atoms with Crippen LogP contribution < -0.4 is 15.8 Å². The first kappa shape index (κ1) is 15.6. The topological polar surface area (TPSA) is 73.1 Å². The van der Waals surface area contributed by atoms with E-state index in [4.69, 9.17) is 10.5 Å². The molecule has 6 heteroatoms. The lowest BCUT2D eigenvalue weighted by Gasteiger charge is -2.17. The maximum absolute atomic E-state index is 5.90. The third-order valence-corrected chi connectivity index (χ3v) is 3.42. The van der Waals surface area contributed by atoms with Crippen LogP contribution in [0.25, 0.3) is 0 Å². The smallest absolute Gasteiger partial charge is 0.238 e. The van der Waals surface area contributed by atoms with Gasteiger partial charge in [0.25, 0.3) is 0 Å². The van der Waals surface area contributed by atoms with E-state index in [-0.39, 0.29) is 12.1 Å². The fourth-order valence-electron chi connectivity index (χ4n) is 1.77. The largest absolute Gasteiger partial charge is 0.467 e. The molecule has 0 aliphatic carbocycles. The van der Waals surface area contributed by atoms with E-state index in [9.17, 15) is 0 Å². The second-order valence-corrected chi connectivity index (χ2v) is 5.06. The second kappa shape index (κ2) is 7.85. The monoisotopic (exact) mass is 304 g/mol. The number of pyridine rings is 2. The summed E-state index contributed by atoms with van der Waals surface area (Å²) in [6.07, 6.45) is 3.27. The van der Waals surface area contributed by atoms with E-state index < -0.39 is 0 Å². The summed E-state index contributed by atoms with van der Waals surface area (Å²) in [5.74, 6) is 1.16. The minimum absolute atomic E-state index is 0.0189. The predicted molar refractivity (Wildman–Crippen MR) is 87.8 cm³/mol. The van der Waals surface area contributed by atoms with Crippen LogP contribution in [0.5, 0.6) is 5.88 Å². The summed E-state index contributed by atoms with van der Waals surface area (Å²) in [7, 11) is 0. The van der Waals surface area contributed by atoms with Gasteiger partial charge in [-0.25, -0.2) is 4.98 Å². The highest BCUT2D eigenvalue weighted by Gasteiger charge is 2.12. The normalized spacial score (nSPS) is 13.5. The number of nitrogens with zero attached hydrogens (tertiary/aromatic N) is 2. The lowest BCUT2D eigenvalue weighted by molar-refractivity contribution is 0.214. The Morgan fingerprint density at radius 1 is 1.24 bits per heavy atom. The van der Waals surface area contributed by atoms with Crippen molar-refractivity contribution >= 4 is 18.3 Å². The molecule has 112 valence electrons. The Balaban J connectivity index is 2.06. The van der Waals surface area contributed by atoms with Gasteiger partial charge in [0.2, 0.25) is 5.88 Å². The van der Waals surface area contributed by atoms with Gasteiger partial charge >= 0.3 is 0 Å². The number of hydrogen-bond acceptors (Lipinski definition) is 6. The second-order valence-electron chi connectivity index (χ2n) is 4.69. The molecular weight excluding hydrogens is 284 g/mol. The first-order valence-corrected chi connectivity index (χ1v) is 7.47. The van der Waals surface area contributed by atoms with E-state index in [0.29, 0.717) is 18.2 Å². The molecule has 0 bridgehead atoms. The summed E-state index contributed by atoms with van der Waals surface area (Å²) >= 11 is 4.17. The van der Waals surface area contributed by atoms with Crippen molar-refractivity contribution in [2.45, 2.75) is 19.1 Å². The average molecular weight is 304 g/mol. The Morgan fingerprint density at radius 3 is 2.76 bits per heavy atom. The molecule has 2 rings (SSSR count). The van der Waals surface area contributed by atoms with Crippen LogP contribution in [0.1, 0.15) is 18.7 Å². The Labute approximate surface area is 130 Å². The van der Waals surface area contributed by atoms with E-state index in [1.54, 1.807) is 12.4 Å².